The zero-order valence-corrected chi connectivity index (χ0v) is 23.1. The molecule has 0 saturated carbocycles. The van der Waals surface area contributed by atoms with Crippen molar-refractivity contribution in [3.63, 3.8) is 0 Å². The van der Waals surface area contributed by atoms with Crippen LogP contribution < -0.4 is 19.8 Å². The summed E-state index contributed by atoms with van der Waals surface area (Å²) < 4.78 is 32.1. The first-order valence-corrected chi connectivity index (χ1v) is 14.0. The second-order valence-corrected chi connectivity index (χ2v) is 12.0. The Morgan fingerprint density at radius 3 is 2.50 bits per heavy atom. The number of pyridine rings is 1. The number of benzene rings is 2. The number of nitrogens with zero attached hydrogens (tertiary/aromatic N) is 4. The van der Waals surface area contributed by atoms with E-state index in [4.69, 9.17) is 4.74 Å². The summed E-state index contributed by atoms with van der Waals surface area (Å²) in [5.74, 6) is -0.155. The van der Waals surface area contributed by atoms with Gasteiger partial charge in [-0.05, 0) is 59.4 Å². The molecule has 0 saturated heterocycles. The fourth-order valence-corrected chi connectivity index (χ4v) is 4.68. The standard InChI is InChI=1S/C27H32N6O4S/c1-17-9-10-18(12-24(17)33-16-23(30-32-33)19-8-7-11-28-15-19)26(34)29-21-13-20(27(2,3)4)14-22(25(21)37-5)31-38(6,35)36/h7-15,23,31H,16H2,1-6H3,(H,29,34). The maximum atomic E-state index is 13.4. The summed E-state index contributed by atoms with van der Waals surface area (Å²) in [7, 11) is -2.16. The van der Waals surface area contributed by atoms with Crippen LogP contribution in [0, 0.1) is 6.92 Å². The van der Waals surface area contributed by atoms with Gasteiger partial charge in [0.1, 0.15) is 6.04 Å². The Balaban J connectivity index is 1.64. The Kier molecular flexibility index (Phi) is 7.41. The van der Waals surface area contributed by atoms with Crippen molar-refractivity contribution in [2.75, 3.05) is 35.0 Å². The number of methoxy groups -OCH3 is 1. The molecule has 0 bridgehead atoms. The first kappa shape index (κ1) is 27.1. The molecule has 0 spiro atoms. The second-order valence-electron chi connectivity index (χ2n) is 10.3. The summed E-state index contributed by atoms with van der Waals surface area (Å²) in [6.45, 7) is 8.48. The molecule has 1 aromatic heterocycles. The van der Waals surface area contributed by atoms with Crippen molar-refractivity contribution in [3.8, 4) is 5.75 Å². The van der Waals surface area contributed by atoms with Gasteiger partial charge in [0.15, 0.2) is 5.75 Å². The van der Waals surface area contributed by atoms with Crippen molar-refractivity contribution in [2.24, 2.45) is 10.3 Å². The minimum atomic E-state index is -3.59. The molecule has 1 amide bonds. The van der Waals surface area contributed by atoms with E-state index in [1.54, 1.807) is 41.7 Å². The Labute approximate surface area is 223 Å². The molecule has 1 aliphatic heterocycles. The summed E-state index contributed by atoms with van der Waals surface area (Å²) in [5, 5.41) is 13.4. The molecule has 200 valence electrons. The molecule has 4 rings (SSSR count). The van der Waals surface area contributed by atoms with Crippen LogP contribution in [0.2, 0.25) is 0 Å². The van der Waals surface area contributed by atoms with Gasteiger partial charge in [-0.25, -0.2) is 13.4 Å². The van der Waals surface area contributed by atoms with Crippen molar-refractivity contribution in [1.29, 1.82) is 0 Å². The molecule has 10 nitrogen and oxygen atoms in total. The molecule has 0 aliphatic carbocycles. The summed E-state index contributed by atoms with van der Waals surface area (Å²) in [5.41, 5.74) is 4.20. The van der Waals surface area contributed by atoms with E-state index < -0.39 is 10.0 Å². The van der Waals surface area contributed by atoms with E-state index in [0.717, 1.165) is 28.6 Å². The van der Waals surface area contributed by atoms with Crippen molar-refractivity contribution < 1.29 is 17.9 Å². The van der Waals surface area contributed by atoms with E-state index in [2.05, 4.69) is 25.4 Å². The van der Waals surface area contributed by atoms with Gasteiger partial charge >= 0.3 is 0 Å². The van der Waals surface area contributed by atoms with Gasteiger partial charge in [0.25, 0.3) is 5.91 Å². The lowest BCUT2D eigenvalue weighted by Gasteiger charge is -2.24. The molecule has 2 heterocycles. The Morgan fingerprint density at radius 2 is 1.87 bits per heavy atom. The molecule has 1 aliphatic rings. The van der Waals surface area contributed by atoms with Gasteiger partial charge in [0.05, 0.1) is 37.0 Å². The molecule has 0 fully saturated rings. The maximum Gasteiger partial charge on any atom is 0.255 e. The number of aromatic nitrogens is 1. The van der Waals surface area contributed by atoms with Crippen molar-refractivity contribution in [1.82, 2.24) is 4.98 Å². The number of hydrogen-bond donors (Lipinski definition) is 2. The molecule has 0 radical (unpaired) electrons. The van der Waals surface area contributed by atoms with E-state index in [9.17, 15) is 13.2 Å². The third kappa shape index (κ3) is 6.10. The van der Waals surface area contributed by atoms with Gasteiger partial charge in [-0.2, -0.15) is 5.11 Å². The highest BCUT2D eigenvalue weighted by atomic mass is 32.2. The van der Waals surface area contributed by atoms with Crippen LogP contribution in [-0.2, 0) is 15.4 Å². The quantitative estimate of drug-likeness (QED) is 0.425. The lowest BCUT2D eigenvalue weighted by atomic mass is 9.86. The van der Waals surface area contributed by atoms with Crippen LogP contribution in [0.5, 0.6) is 5.75 Å². The van der Waals surface area contributed by atoms with Crippen molar-refractivity contribution >= 4 is 33.0 Å². The van der Waals surface area contributed by atoms with E-state index in [-0.39, 0.29) is 28.8 Å². The minimum absolute atomic E-state index is 0.147. The average molecular weight is 537 g/mol. The number of carbonyl (C=O) groups is 1. The van der Waals surface area contributed by atoms with E-state index >= 15 is 0 Å². The van der Waals surface area contributed by atoms with E-state index in [0.29, 0.717) is 17.8 Å². The highest BCUT2D eigenvalue weighted by Crippen LogP contribution is 2.39. The molecular formula is C27H32N6O4S. The lowest BCUT2D eigenvalue weighted by molar-refractivity contribution is 0.102. The predicted octanol–water partition coefficient (Wildman–Crippen LogP) is 5.25. The van der Waals surface area contributed by atoms with Crippen molar-refractivity contribution in [3.05, 3.63) is 77.1 Å². The van der Waals surface area contributed by atoms with Crippen LogP contribution >= 0.6 is 0 Å². The molecular weight excluding hydrogens is 504 g/mol. The van der Waals surface area contributed by atoms with Crippen LogP contribution in [0.4, 0.5) is 17.1 Å². The van der Waals surface area contributed by atoms with E-state index in [1.807, 2.05) is 45.9 Å². The number of aryl methyl sites for hydroxylation is 1. The van der Waals surface area contributed by atoms with E-state index in [1.165, 1.54) is 7.11 Å². The zero-order valence-electron chi connectivity index (χ0n) is 22.3. The largest absolute Gasteiger partial charge is 0.492 e. The fourth-order valence-electron chi connectivity index (χ4n) is 4.13. The van der Waals surface area contributed by atoms with Gasteiger partial charge < -0.3 is 10.1 Å². The monoisotopic (exact) mass is 536 g/mol. The molecule has 2 N–H and O–H groups in total. The number of carbonyl (C=O) groups excluding carboxylic acids is 1. The number of rotatable bonds is 7. The SMILES string of the molecule is COc1c(NC(=O)c2ccc(C)c(N3CC(c4cccnc4)N=N3)c2)cc(C(C)(C)C)cc1NS(C)(=O)=O. The van der Waals surface area contributed by atoms with Crippen LogP contribution in [-0.4, -0.2) is 39.2 Å². The summed E-state index contributed by atoms with van der Waals surface area (Å²) in [4.78, 5) is 17.6. The number of nitrogens with one attached hydrogen (secondary N) is 2. The first-order chi connectivity index (χ1) is 17.9. The van der Waals surface area contributed by atoms with Crippen LogP contribution in [0.15, 0.2) is 65.2 Å². The third-order valence-electron chi connectivity index (χ3n) is 6.17. The Bertz CT molecular complexity index is 1480. The predicted molar refractivity (Wildman–Crippen MR) is 148 cm³/mol. The number of anilines is 3. The van der Waals surface area contributed by atoms with Gasteiger partial charge in [-0.1, -0.05) is 38.1 Å². The number of ether oxygens (including phenoxy) is 1. The number of hydrogen-bond acceptors (Lipinski definition) is 8. The highest BCUT2D eigenvalue weighted by molar-refractivity contribution is 7.92. The van der Waals surface area contributed by atoms with Gasteiger partial charge in [-0.3, -0.25) is 14.5 Å². The second kappa shape index (κ2) is 10.4. The highest BCUT2D eigenvalue weighted by Gasteiger charge is 2.25. The van der Waals surface area contributed by atoms with Crippen LogP contribution in [0.3, 0.4) is 0 Å². The van der Waals surface area contributed by atoms with Gasteiger partial charge in [0, 0.05) is 18.0 Å². The molecule has 3 aromatic rings. The number of amides is 1. The van der Waals surface area contributed by atoms with Crippen LogP contribution in [0.25, 0.3) is 0 Å². The fraction of sp³-hybridized carbons (Fsp3) is 0.333. The van der Waals surface area contributed by atoms with Gasteiger partial charge in [-0.15, -0.1) is 0 Å². The maximum absolute atomic E-state index is 13.4. The topological polar surface area (TPSA) is 125 Å². The lowest BCUT2D eigenvalue weighted by Crippen LogP contribution is -2.20. The molecule has 38 heavy (non-hydrogen) atoms. The summed E-state index contributed by atoms with van der Waals surface area (Å²) in [6, 6.07) is 12.6. The summed E-state index contributed by atoms with van der Waals surface area (Å²) in [6.07, 6.45) is 4.55. The molecule has 1 unspecified atom stereocenters. The van der Waals surface area contributed by atoms with Crippen LogP contribution in [0.1, 0.15) is 53.9 Å². The summed E-state index contributed by atoms with van der Waals surface area (Å²) >= 11 is 0. The van der Waals surface area contributed by atoms with Gasteiger partial charge in [0.2, 0.25) is 10.0 Å². The normalized spacial score (nSPS) is 15.4. The average Bonchev–Trinajstić information content (AvgIpc) is 3.33. The first-order valence-electron chi connectivity index (χ1n) is 12.1. The molecule has 1 atom stereocenters. The smallest absolute Gasteiger partial charge is 0.255 e. The zero-order chi connectivity index (χ0) is 27.7. The van der Waals surface area contributed by atoms with Crippen molar-refractivity contribution in [2.45, 2.75) is 39.2 Å². The molecule has 11 heteroatoms. The third-order valence-corrected chi connectivity index (χ3v) is 6.76. The molecule has 2 aromatic carbocycles. The minimum Gasteiger partial charge on any atom is -0.492 e. The Hall–Kier alpha value is -3.99. The Morgan fingerprint density at radius 1 is 1.13 bits per heavy atom. The number of sulfonamides is 1.